The normalized spacial score (nSPS) is 12.4. The molecule has 19 heavy (non-hydrogen) atoms. The number of nitrogens with two attached hydrogens (primary N) is 1. The third-order valence-electron chi connectivity index (χ3n) is 3.60. The number of hydrogen-bond acceptors (Lipinski definition) is 2. The Kier molecular flexibility index (Phi) is 4.63. The molecule has 1 aromatic heterocycles. The second-order valence-electron chi connectivity index (χ2n) is 4.93. The standard InChI is InChI=1S/C16H22N2O/c1-12-4-3-5-16(13(12)2)19-11-15(6-8-17)14-7-9-18-10-14/h3-5,7,9-10,15,18H,6,8,11,17H2,1-2H3. The van der Waals surface area contributed by atoms with Gasteiger partial charge in [-0.2, -0.15) is 0 Å². The number of nitrogens with one attached hydrogen (secondary N) is 1. The van der Waals surface area contributed by atoms with Gasteiger partial charge in [-0.05, 0) is 55.6 Å². The fourth-order valence-corrected chi connectivity index (χ4v) is 2.21. The lowest BCUT2D eigenvalue weighted by atomic mass is 9.99. The lowest BCUT2D eigenvalue weighted by Gasteiger charge is -2.17. The summed E-state index contributed by atoms with van der Waals surface area (Å²) in [6, 6.07) is 8.25. The zero-order chi connectivity index (χ0) is 13.7. The predicted molar refractivity (Wildman–Crippen MR) is 78.6 cm³/mol. The zero-order valence-corrected chi connectivity index (χ0v) is 11.6. The molecule has 102 valence electrons. The van der Waals surface area contributed by atoms with Gasteiger partial charge in [-0.15, -0.1) is 0 Å². The van der Waals surface area contributed by atoms with Crippen molar-refractivity contribution in [2.24, 2.45) is 5.73 Å². The van der Waals surface area contributed by atoms with Crippen LogP contribution in [0.4, 0.5) is 0 Å². The maximum atomic E-state index is 5.99. The Hall–Kier alpha value is -1.74. The Balaban J connectivity index is 2.05. The van der Waals surface area contributed by atoms with Crippen molar-refractivity contribution in [3.05, 3.63) is 53.3 Å². The molecule has 0 amide bonds. The lowest BCUT2D eigenvalue weighted by Crippen LogP contribution is -2.15. The van der Waals surface area contributed by atoms with Crippen molar-refractivity contribution < 1.29 is 4.74 Å². The molecule has 0 bridgehead atoms. The summed E-state index contributed by atoms with van der Waals surface area (Å²) in [6.45, 7) is 5.54. The second-order valence-corrected chi connectivity index (χ2v) is 4.93. The first kappa shape index (κ1) is 13.7. The molecule has 0 aliphatic carbocycles. The van der Waals surface area contributed by atoms with Crippen molar-refractivity contribution in [2.45, 2.75) is 26.2 Å². The molecule has 0 radical (unpaired) electrons. The summed E-state index contributed by atoms with van der Waals surface area (Å²) in [6.07, 6.45) is 4.90. The molecule has 0 saturated heterocycles. The number of hydrogen-bond donors (Lipinski definition) is 2. The third kappa shape index (κ3) is 3.38. The van der Waals surface area contributed by atoms with Crippen LogP contribution in [0, 0.1) is 13.8 Å². The van der Waals surface area contributed by atoms with Crippen molar-refractivity contribution in [3.63, 3.8) is 0 Å². The minimum Gasteiger partial charge on any atom is -0.493 e. The van der Waals surface area contributed by atoms with Gasteiger partial charge in [0.2, 0.25) is 0 Å². The molecular weight excluding hydrogens is 236 g/mol. The van der Waals surface area contributed by atoms with Gasteiger partial charge >= 0.3 is 0 Å². The van der Waals surface area contributed by atoms with E-state index in [9.17, 15) is 0 Å². The highest BCUT2D eigenvalue weighted by atomic mass is 16.5. The molecule has 0 aliphatic rings. The van der Waals surface area contributed by atoms with Crippen molar-refractivity contribution in [1.29, 1.82) is 0 Å². The van der Waals surface area contributed by atoms with Crippen molar-refractivity contribution in [3.8, 4) is 5.75 Å². The highest BCUT2D eigenvalue weighted by molar-refractivity contribution is 5.38. The Bertz CT molecular complexity index is 505. The first-order chi connectivity index (χ1) is 9.22. The maximum absolute atomic E-state index is 5.99. The number of aromatic amines is 1. The smallest absolute Gasteiger partial charge is 0.122 e. The lowest BCUT2D eigenvalue weighted by molar-refractivity contribution is 0.281. The number of aromatic nitrogens is 1. The van der Waals surface area contributed by atoms with Crippen LogP contribution in [0.15, 0.2) is 36.7 Å². The van der Waals surface area contributed by atoms with E-state index in [4.69, 9.17) is 10.5 Å². The molecule has 2 rings (SSSR count). The van der Waals surface area contributed by atoms with Gasteiger partial charge in [0.25, 0.3) is 0 Å². The number of H-pyrrole nitrogens is 1. The summed E-state index contributed by atoms with van der Waals surface area (Å²) >= 11 is 0. The molecule has 0 saturated carbocycles. The van der Waals surface area contributed by atoms with Crippen molar-refractivity contribution >= 4 is 0 Å². The van der Waals surface area contributed by atoms with Gasteiger partial charge in [-0.3, -0.25) is 0 Å². The summed E-state index contributed by atoms with van der Waals surface area (Å²) in [5.41, 5.74) is 9.42. The van der Waals surface area contributed by atoms with Crippen LogP contribution >= 0.6 is 0 Å². The first-order valence-electron chi connectivity index (χ1n) is 6.74. The molecule has 3 nitrogen and oxygen atoms in total. The molecule has 0 fully saturated rings. The highest BCUT2D eigenvalue weighted by Crippen LogP contribution is 2.24. The summed E-state index contributed by atoms with van der Waals surface area (Å²) in [4.78, 5) is 3.09. The average Bonchev–Trinajstić information content (AvgIpc) is 2.93. The van der Waals surface area contributed by atoms with E-state index in [1.165, 1.54) is 16.7 Å². The summed E-state index contributed by atoms with van der Waals surface area (Å²) < 4.78 is 5.99. The van der Waals surface area contributed by atoms with Gasteiger partial charge in [0.05, 0.1) is 6.61 Å². The van der Waals surface area contributed by atoms with Gasteiger partial charge in [0.1, 0.15) is 5.75 Å². The molecule has 2 aromatic rings. The SMILES string of the molecule is Cc1cccc(OCC(CCN)c2cc[nH]c2)c1C. The number of aryl methyl sites for hydroxylation is 1. The van der Waals surface area contributed by atoms with Gasteiger partial charge < -0.3 is 15.5 Å². The van der Waals surface area contributed by atoms with Crippen LogP contribution in [0.25, 0.3) is 0 Å². The van der Waals surface area contributed by atoms with Gasteiger partial charge in [0.15, 0.2) is 0 Å². The van der Waals surface area contributed by atoms with Gasteiger partial charge in [-0.1, -0.05) is 12.1 Å². The van der Waals surface area contributed by atoms with E-state index in [1.807, 2.05) is 24.5 Å². The van der Waals surface area contributed by atoms with Crippen LogP contribution in [0.3, 0.4) is 0 Å². The fraction of sp³-hybridized carbons (Fsp3) is 0.375. The van der Waals surface area contributed by atoms with E-state index >= 15 is 0 Å². The minimum atomic E-state index is 0.344. The Morgan fingerprint density at radius 2 is 2.11 bits per heavy atom. The summed E-state index contributed by atoms with van der Waals surface area (Å²) in [7, 11) is 0. The van der Waals surface area contributed by atoms with Crippen LogP contribution in [0.2, 0.25) is 0 Å². The number of rotatable bonds is 6. The minimum absolute atomic E-state index is 0.344. The van der Waals surface area contributed by atoms with Crippen LogP contribution in [-0.2, 0) is 0 Å². The number of ether oxygens (including phenoxy) is 1. The van der Waals surface area contributed by atoms with Crippen molar-refractivity contribution in [2.75, 3.05) is 13.2 Å². The van der Waals surface area contributed by atoms with E-state index < -0.39 is 0 Å². The Morgan fingerprint density at radius 1 is 1.26 bits per heavy atom. The predicted octanol–water partition coefficient (Wildman–Crippen LogP) is 3.14. The van der Waals surface area contributed by atoms with Gasteiger partial charge in [-0.25, -0.2) is 0 Å². The van der Waals surface area contributed by atoms with Crippen molar-refractivity contribution in [1.82, 2.24) is 4.98 Å². The molecule has 3 heteroatoms. The van der Waals surface area contributed by atoms with E-state index in [-0.39, 0.29) is 0 Å². The fourth-order valence-electron chi connectivity index (χ4n) is 2.21. The second kappa shape index (κ2) is 6.43. The van der Waals surface area contributed by atoms with E-state index in [2.05, 4.69) is 31.0 Å². The number of benzene rings is 1. The van der Waals surface area contributed by atoms with Crippen LogP contribution < -0.4 is 10.5 Å². The Labute approximate surface area is 114 Å². The van der Waals surface area contributed by atoms with Crippen LogP contribution in [0.5, 0.6) is 5.75 Å². The molecule has 1 aromatic carbocycles. The first-order valence-corrected chi connectivity index (χ1v) is 6.74. The largest absolute Gasteiger partial charge is 0.493 e. The summed E-state index contributed by atoms with van der Waals surface area (Å²) in [5.74, 6) is 1.31. The van der Waals surface area contributed by atoms with Gasteiger partial charge in [0, 0.05) is 18.3 Å². The molecule has 1 unspecified atom stereocenters. The topological polar surface area (TPSA) is 51.0 Å². The molecular formula is C16H22N2O. The van der Waals surface area contributed by atoms with E-state index in [1.54, 1.807) is 0 Å². The van der Waals surface area contributed by atoms with E-state index in [0.717, 1.165) is 12.2 Å². The molecule has 1 atom stereocenters. The zero-order valence-electron chi connectivity index (χ0n) is 11.6. The summed E-state index contributed by atoms with van der Waals surface area (Å²) in [5, 5.41) is 0. The molecule has 0 aliphatic heterocycles. The Morgan fingerprint density at radius 3 is 2.79 bits per heavy atom. The molecule has 1 heterocycles. The van der Waals surface area contributed by atoms with Crippen LogP contribution in [-0.4, -0.2) is 18.1 Å². The third-order valence-corrected chi connectivity index (χ3v) is 3.60. The molecule has 0 spiro atoms. The van der Waals surface area contributed by atoms with Crippen LogP contribution in [0.1, 0.15) is 29.0 Å². The average molecular weight is 258 g/mol. The van der Waals surface area contributed by atoms with E-state index in [0.29, 0.717) is 19.1 Å². The molecule has 3 N–H and O–H groups in total. The maximum Gasteiger partial charge on any atom is 0.122 e. The highest BCUT2D eigenvalue weighted by Gasteiger charge is 2.13. The quantitative estimate of drug-likeness (QED) is 0.836. The monoisotopic (exact) mass is 258 g/mol.